The number of hydrogen-bond acceptors (Lipinski definition) is 2. The van der Waals surface area contributed by atoms with Crippen molar-refractivity contribution in [3.8, 4) is 17.3 Å². The first-order valence-corrected chi connectivity index (χ1v) is 7.40. The zero-order chi connectivity index (χ0) is 13.6. The molecule has 3 nitrogen and oxygen atoms in total. The Balaban J connectivity index is 1.70. The van der Waals surface area contributed by atoms with Crippen molar-refractivity contribution in [1.29, 1.82) is 5.26 Å². The summed E-state index contributed by atoms with van der Waals surface area (Å²) in [6.07, 6.45) is 8.53. The topological polar surface area (TPSA) is 52.5 Å². The van der Waals surface area contributed by atoms with Crippen LogP contribution in [0, 0.1) is 11.3 Å². The summed E-state index contributed by atoms with van der Waals surface area (Å²) in [6, 6.07) is 9.13. The lowest BCUT2D eigenvalue weighted by atomic mass is 9.69. The van der Waals surface area contributed by atoms with Crippen molar-refractivity contribution in [1.82, 2.24) is 9.97 Å². The Morgan fingerprint density at radius 2 is 2.00 bits per heavy atom. The lowest BCUT2D eigenvalue weighted by molar-refractivity contribution is 0.309. The molecular formula is C17H17N3. The first-order chi connectivity index (χ1) is 9.81. The Kier molecular flexibility index (Phi) is 2.47. The predicted octanol–water partition coefficient (Wildman–Crippen LogP) is 3.51. The van der Waals surface area contributed by atoms with Crippen LogP contribution in [0.2, 0.25) is 0 Å². The van der Waals surface area contributed by atoms with E-state index < -0.39 is 0 Å². The number of rotatable bonds is 2. The number of imidazole rings is 1. The SMILES string of the molecule is N#CC1(c2ncc(-c3ccc4c(c3)CCC4)[nH]2)CCC1. The number of aromatic amines is 1. The van der Waals surface area contributed by atoms with Gasteiger partial charge in [-0.25, -0.2) is 4.98 Å². The fourth-order valence-electron chi connectivity index (χ4n) is 3.38. The molecule has 1 heterocycles. The van der Waals surface area contributed by atoms with E-state index in [4.69, 9.17) is 0 Å². The van der Waals surface area contributed by atoms with Crippen molar-refractivity contribution in [3.05, 3.63) is 41.3 Å². The molecule has 0 unspecified atom stereocenters. The van der Waals surface area contributed by atoms with Crippen molar-refractivity contribution in [2.75, 3.05) is 0 Å². The number of nitriles is 1. The standard InChI is InChI=1S/C17H17N3/c18-11-17(7-2-8-17)16-19-10-15(20-16)14-6-5-12-3-1-4-13(12)9-14/h5-6,9-10H,1-4,7-8H2,(H,19,20). The summed E-state index contributed by atoms with van der Waals surface area (Å²) in [7, 11) is 0. The maximum atomic E-state index is 9.39. The van der Waals surface area contributed by atoms with E-state index in [0.717, 1.165) is 30.8 Å². The average Bonchev–Trinajstić information content (AvgIpc) is 3.06. The Hall–Kier alpha value is -2.08. The van der Waals surface area contributed by atoms with Gasteiger partial charge >= 0.3 is 0 Å². The molecule has 0 atom stereocenters. The van der Waals surface area contributed by atoms with Gasteiger partial charge in [0.1, 0.15) is 11.2 Å². The minimum atomic E-state index is -0.352. The number of benzene rings is 1. The van der Waals surface area contributed by atoms with E-state index in [0.29, 0.717) is 0 Å². The van der Waals surface area contributed by atoms with Gasteiger partial charge in [0.15, 0.2) is 0 Å². The molecule has 3 heteroatoms. The summed E-state index contributed by atoms with van der Waals surface area (Å²) >= 11 is 0. The molecule has 0 spiro atoms. The molecule has 0 aliphatic heterocycles. The molecule has 1 aromatic heterocycles. The van der Waals surface area contributed by atoms with E-state index in [1.54, 1.807) is 0 Å². The number of nitrogens with one attached hydrogen (secondary N) is 1. The first-order valence-electron chi connectivity index (χ1n) is 7.40. The first kappa shape index (κ1) is 11.7. The lowest BCUT2D eigenvalue weighted by Gasteiger charge is -2.32. The second kappa shape index (κ2) is 4.21. The van der Waals surface area contributed by atoms with E-state index in [-0.39, 0.29) is 5.41 Å². The summed E-state index contributed by atoms with van der Waals surface area (Å²) in [6.45, 7) is 0. The maximum Gasteiger partial charge on any atom is 0.127 e. The molecule has 1 saturated carbocycles. The Labute approximate surface area is 118 Å². The Morgan fingerprint density at radius 3 is 2.75 bits per heavy atom. The van der Waals surface area contributed by atoms with Crippen molar-refractivity contribution < 1.29 is 0 Å². The fourth-order valence-corrected chi connectivity index (χ4v) is 3.38. The third-order valence-corrected chi connectivity index (χ3v) is 4.86. The van der Waals surface area contributed by atoms with Crippen LogP contribution in [-0.4, -0.2) is 9.97 Å². The highest BCUT2D eigenvalue weighted by molar-refractivity contribution is 5.61. The third kappa shape index (κ3) is 1.61. The number of hydrogen-bond donors (Lipinski definition) is 1. The van der Waals surface area contributed by atoms with Gasteiger partial charge in [-0.3, -0.25) is 0 Å². The van der Waals surface area contributed by atoms with Gasteiger partial charge < -0.3 is 4.98 Å². The summed E-state index contributed by atoms with van der Waals surface area (Å²) in [4.78, 5) is 7.85. The minimum absolute atomic E-state index is 0.352. The van der Waals surface area contributed by atoms with E-state index in [1.165, 1.54) is 36.0 Å². The molecule has 0 saturated heterocycles. The molecule has 4 rings (SSSR count). The number of aryl methyl sites for hydroxylation is 2. The van der Waals surface area contributed by atoms with Gasteiger partial charge in [0.05, 0.1) is 18.0 Å². The van der Waals surface area contributed by atoms with Crippen molar-refractivity contribution in [2.24, 2.45) is 0 Å². The molecule has 1 N–H and O–H groups in total. The number of H-pyrrole nitrogens is 1. The van der Waals surface area contributed by atoms with Gasteiger partial charge in [0.25, 0.3) is 0 Å². The van der Waals surface area contributed by atoms with Gasteiger partial charge in [-0.15, -0.1) is 0 Å². The highest BCUT2D eigenvalue weighted by Gasteiger charge is 2.41. The molecular weight excluding hydrogens is 246 g/mol. The maximum absolute atomic E-state index is 9.39. The molecule has 2 aromatic rings. The normalized spacial score (nSPS) is 19.1. The molecule has 100 valence electrons. The second-order valence-corrected chi connectivity index (χ2v) is 6.03. The van der Waals surface area contributed by atoms with Crippen LogP contribution in [0.5, 0.6) is 0 Å². The smallest absolute Gasteiger partial charge is 0.127 e. The summed E-state index contributed by atoms with van der Waals surface area (Å²) in [5, 5.41) is 9.39. The van der Waals surface area contributed by atoms with E-state index in [9.17, 15) is 5.26 Å². The van der Waals surface area contributed by atoms with E-state index in [1.807, 2.05) is 6.20 Å². The Bertz CT molecular complexity index is 701. The zero-order valence-electron chi connectivity index (χ0n) is 11.4. The fraction of sp³-hybridized carbons (Fsp3) is 0.412. The summed E-state index contributed by atoms with van der Waals surface area (Å²) in [5.41, 5.74) is 4.83. The van der Waals surface area contributed by atoms with Crippen LogP contribution in [0.25, 0.3) is 11.3 Å². The van der Waals surface area contributed by atoms with Crippen LogP contribution in [0.1, 0.15) is 42.6 Å². The molecule has 0 amide bonds. The second-order valence-electron chi connectivity index (χ2n) is 6.03. The van der Waals surface area contributed by atoms with Crippen LogP contribution in [-0.2, 0) is 18.3 Å². The molecule has 2 aliphatic carbocycles. The molecule has 20 heavy (non-hydrogen) atoms. The summed E-state index contributed by atoms with van der Waals surface area (Å²) < 4.78 is 0. The molecule has 0 radical (unpaired) electrons. The van der Waals surface area contributed by atoms with Crippen LogP contribution in [0.4, 0.5) is 0 Å². The largest absolute Gasteiger partial charge is 0.341 e. The highest BCUT2D eigenvalue weighted by atomic mass is 14.9. The molecule has 1 fully saturated rings. The predicted molar refractivity (Wildman–Crippen MR) is 77.2 cm³/mol. The molecule has 2 aliphatic rings. The van der Waals surface area contributed by atoms with Crippen LogP contribution >= 0.6 is 0 Å². The zero-order valence-corrected chi connectivity index (χ0v) is 11.4. The van der Waals surface area contributed by atoms with Crippen molar-refractivity contribution in [2.45, 2.75) is 43.9 Å². The van der Waals surface area contributed by atoms with Gasteiger partial charge in [-0.1, -0.05) is 12.1 Å². The van der Waals surface area contributed by atoms with Gasteiger partial charge in [-0.2, -0.15) is 5.26 Å². The van der Waals surface area contributed by atoms with Crippen LogP contribution in [0.15, 0.2) is 24.4 Å². The molecule has 1 aromatic carbocycles. The average molecular weight is 263 g/mol. The van der Waals surface area contributed by atoms with Crippen molar-refractivity contribution in [3.63, 3.8) is 0 Å². The quantitative estimate of drug-likeness (QED) is 0.901. The van der Waals surface area contributed by atoms with E-state index >= 15 is 0 Å². The Morgan fingerprint density at radius 1 is 1.15 bits per heavy atom. The van der Waals surface area contributed by atoms with Gasteiger partial charge in [0.2, 0.25) is 0 Å². The number of fused-ring (bicyclic) bond motifs is 1. The van der Waals surface area contributed by atoms with Gasteiger partial charge in [-0.05, 0) is 61.3 Å². The highest BCUT2D eigenvalue weighted by Crippen LogP contribution is 2.42. The number of nitrogens with zero attached hydrogens (tertiary/aromatic N) is 2. The van der Waals surface area contributed by atoms with Crippen LogP contribution < -0.4 is 0 Å². The van der Waals surface area contributed by atoms with Crippen molar-refractivity contribution >= 4 is 0 Å². The minimum Gasteiger partial charge on any atom is -0.341 e. The van der Waals surface area contributed by atoms with E-state index in [2.05, 4.69) is 34.2 Å². The summed E-state index contributed by atoms with van der Waals surface area (Å²) in [5.74, 6) is 0.849. The number of aromatic nitrogens is 2. The molecule has 0 bridgehead atoms. The third-order valence-electron chi connectivity index (χ3n) is 4.86. The lowest BCUT2D eigenvalue weighted by Crippen LogP contribution is -2.33. The monoisotopic (exact) mass is 263 g/mol. The van der Waals surface area contributed by atoms with Gasteiger partial charge in [0, 0.05) is 0 Å². The van der Waals surface area contributed by atoms with Crippen LogP contribution in [0.3, 0.4) is 0 Å².